The highest BCUT2D eigenvalue weighted by Gasteiger charge is 2.51. The molecule has 1 amide bonds. The Morgan fingerprint density at radius 2 is 2.00 bits per heavy atom. The van der Waals surface area contributed by atoms with Gasteiger partial charge in [0.25, 0.3) is 0 Å². The van der Waals surface area contributed by atoms with Crippen LogP contribution in [-0.2, 0) is 9.59 Å². The maximum Gasteiger partial charge on any atom is 0.326 e. The summed E-state index contributed by atoms with van der Waals surface area (Å²) < 4.78 is 0. The maximum absolute atomic E-state index is 12.5. The van der Waals surface area contributed by atoms with Crippen LogP contribution in [-0.4, -0.2) is 57.5 Å². The number of rotatable bonds is 3. The molecule has 0 radical (unpaired) electrons. The van der Waals surface area contributed by atoms with Crippen LogP contribution in [0.2, 0.25) is 0 Å². The molecule has 1 saturated carbocycles. The Balaban J connectivity index is 1.46. The van der Waals surface area contributed by atoms with Crippen molar-refractivity contribution >= 4 is 17.8 Å². The van der Waals surface area contributed by atoms with Crippen LogP contribution in [0.3, 0.4) is 0 Å². The highest BCUT2D eigenvalue weighted by molar-refractivity contribution is 5.87. The van der Waals surface area contributed by atoms with Crippen molar-refractivity contribution in [2.45, 2.75) is 45.1 Å². The van der Waals surface area contributed by atoms with Gasteiger partial charge in [-0.3, -0.25) is 4.79 Å². The second kappa shape index (κ2) is 5.97. The first-order valence-electron chi connectivity index (χ1n) is 9.05. The van der Waals surface area contributed by atoms with Crippen LogP contribution in [0.4, 0.5) is 5.95 Å². The number of carbonyl (C=O) groups excluding carboxylic acids is 1. The van der Waals surface area contributed by atoms with Crippen molar-refractivity contribution in [3.8, 4) is 0 Å². The number of carbonyl (C=O) groups is 2. The van der Waals surface area contributed by atoms with Crippen molar-refractivity contribution in [1.29, 1.82) is 0 Å². The van der Waals surface area contributed by atoms with Gasteiger partial charge in [-0.25, -0.2) is 14.8 Å². The van der Waals surface area contributed by atoms with E-state index in [9.17, 15) is 14.7 Å². The average molecular weight is 344 g/mol. The molecular weight excluding hydrogens is 320 g/mol. The van der Waals surface area contributed by atoms with Gasteiger partial charge in [-0.05, 0) is 50.5 Å². The van der Waals surface area contributed by atoms with E-state index in [1.54, 1.807) is 11.1 Å². The quantitative estimate of drug-likeness (QED) is 0.893. The molecule has 1 spiro atoms. The molecular formula is C18H24N4O3. The Labute approximate surface area is 147 Å². The largest absolute Gasteiger partial charge is 0.480 e. The van der Waals surface area contributed by atoms with E-state index in [1.165, 1.54) is 0 Å². The number of amides is 1. The molecule has 7 heteroatoms. The van der Waals surface area contributed by atoms with Crippen molar-refractivity contribution in [3.63, 3.8) is 0 Å². The molecule has 2 aliphatic heterocycles. The van der Waals surface area contributed by atoms with Crippen molar-refractivity contribution in [2.75, 3.05) is 24.5 Å². The number of carboxylic acid groups (broad SMARTS) is 1. The van der Waals surface area contributed by atoms with E-state index >= 15 is 0 Å². The number of aliphatic carboxylic acids is 1. The molecule has 1 aromatic rings. The second-order valence-corrected chi connectivity index (χ2v) is 7.78. The number of anilines is 1. The lowest BCUT2D eigenvalue weighted by Gasteiger charge is -2.39. The number of likely N-dealkylation sites (tertiary alicyclic amines) is 1. The fourth-order valence-electron chi connectivity index (χ4n) is 4.20. The molecule has 134 valence electrons. The maximum atomic E-state index is 12.5. The molecule has 1 aliphatic carbocycles. The van der Waals surface area contributed by atoms with Crippen molar-refractivity contribution < 1.29 is 14.7 Å². The number of hydrogen-bond acceptors (Lipinski definition) is 5. The van der Waals surface area contributed by atoms with Crippen molar-refractivity contribution in [3.05, 3.63) is 18.0 Å². The highest BCUT2D eigenvalue weighted by Crippen LogP contribution is 2.45. The molecule has 1 N–H and O–H groups in total. The summed E-state index contributed by atoms with van der Waals surface area (Å²) in [7, 11) is 0. The van der Waals surface area contributed by atoms with Gasteiger partial charge in [-0.1, -0.05) is 0 Å². The fourth-order valence-corrected chi connectivity index (χ4v) is 4.20. The van der Waals surface area contributed by atoms with E-state index in [4.69, 9.17) is 0 Å². The molecule has 0 bridgehead atoms. The second-order valence-electron chi connectivity index (χ2n) is 7.78. The zero-order valence-corrected chi connectivity index (χ0v) is 14.5. The van der Waals surface area contributed by atoms with E-state index in [0.717, 1.165) is 50.4 Å². The van der Waals surface area contributed by atoms with Crippen LogP contribution in [0.15, 0.2) is 12.3 Å². The summed E-state index contributed by atoms with van der Waals surface area (Å²) in [5.41, 5.74) is 0.867. The predicted molar refractivity (Wildman–Crippen MR) is 91.1 cm³/mol. The summed E-state index contributed by atoms with van der Waals surface area (Å²) >= 11 is 0. The van der Waals surface area contributed by atoms with Gasteiger partial charge in [0.15, 0.2) is 0 Å². The smallest absolute Gasteiger partial charge is 0.326 e. The third-order valence-corrected chi connectivity index (χ3v) is 5.89. The van der Waals surface area contributed by atoms with E-state index < -0.39 is 12.0 Å². The van der Waals surface area contributed by atoms with Crippen LogP contribution in [0, 0.1) is 18.3 Å². The summed E-state index contributed by atoms with van der Waals surface area (Å²) in [6, 6.07) is 1.22. The van der Waals surface area contributed by atoms with Gasteiger partial charge in [0.1, 0.15) is 6.04 Å². The summed E-state index contributed by atoms with van der Waals surface area (Å²) in [6.07, 6.45) is 5.92. The van der Waals surface area contributed by atoms with Crippen LogP contribution >= 0.6 is 0 Å². The topological polar surface area (TPSA) is 86.6 Å². The Morgan fingerprint density at radius 1 is 1.28 bits per heavy atom. The monoisotopic (exact) mass is 344 g/mol. The first kappa shape index (κ1) is 16.3. The number of aryl methyl sites for hydroxylation is 1. The number of aromatic nitrogens is 2. The van der Waals surface area contributed by atoms with Gasteiger partial charge >= 0.3 is 5.97 Å². The first-order chi connectivity index (χ1) is 12.0. The Bertz CT molecular complexity index is 695. The van der Waals surface area contributed by atoms with Gasteiger partial charge in [0, 0.05) is 37.4 Å². The highest BCUT2D eigenvalue weighted by atomic mass is 16.4. The molecule has 1 atom stereocenters. The molecule has 7 nitrogen and oxygen atoms in total. The molecule has 3 aliphatic rings. The standard InChI is InChI=1S/C18H24N4O3/c1-12-4-7-19-17(20-12)21-8-5-18(6-9-21)10-14(16(24)25)22(11-18)15(23)13-2-3-13/h4,7,13-14H,2-3,5-6,8-11H2,1H3,(H,24,25). The Hall–Kier alpha value is -2.18. The van der Waals surface area contributed by atoms with E-state index in [0.29, 0.717) is 13.0 Å². The van der Waals surface area contributed by atoms with E-state index in [2.05, 4.69) is 14.9 Å². The van der Waals surface area contributed by atoms with Crippen LogP contribution in [0.5, 0.6) is 0 Å². The fraction of sp³-hybridized carbons (Fsp3) is 0.667. The third-order valence-electron chi connectivity index (χ3n) is 5.89. The molecule has 0 aromatic carbocycles. The van der Waals surface area contributed by atoms with Gasteiger partial charge in [-0.2, -0.15) is 0 Å². The zero-order valence-electron chi connectivity index (χ0n) is 14.5. The number of piperidine rings is 1. The van der Waals surface area contributed by atoms with Crippen molar-refractivity contribution in [1.82, 2.24) is 14.9 Å². The Kier molecular flexibility index (Phi) is 3.89. The van der Waals surface area contributed by atoms with Gasteiger partial charge in [0.2, 0.25) is 11.9 Å². The minimum Gasteiger partial charge on any atom is -0.480 e. The SMILES string of the molecule is Cc1ccnc(N2CCC3(CC2)CC(C(=O)O)N(C(=O)C2CC2)C3)n1. The lowest BCUT2D eigenvalue weighted by atomic mass is 9.76. The van der Waals surface area contributed by atoms with E-state index in [1.807, 2.05) is 13.0 Å². The Morgan fingerprint density at radius 3 is 2.60 bits per heavy atom. The van der Waals surface area contributed by atoms with Gasteiger partial charge in [0.05, 0.1) is 0 Å². The minimum atomic E-state index is -0.865. The van der Waals surface area contributed by atoms with Crippen molar-refractivity contribution in [2.24, 2.45) is 11.3 Å². The summed E-state index contributed by atoms with van der Waals surface area (Å²) in [4.78, 5) is 36.8. The molecule has 1 aromatic heterocycles. The lowest BCUT2D eigenvalue weighted by Crippen LogP contribution is -2.43. The molecule has 25 heavy (non-hydrogen) atoms. The molecule has 3 fully saturated rings. The van der Waals surface area contributed by atoms with Crippen LogP contribution in [0.1, 0.15) is 37.8 Å². The molecule has 2 saturated heterocycles. The predicted octanol–water partition coefficient (Wildman–Crippen LogP) is 1.47. The summed E-state index contributed by atoms with van der Waals surface area (Å²) in [5.74, 6) is -0.00429. The van der Waals surface area contributed by atoms with Gasteiger partial charge < -0.3 is 14.9 Å². The van der Waals surface area contributed by atoms with E-state index in [-0.39, 0.29) is 17.2 Å². The summed E-state index contributed by atoms with van der Waals surface area (Å²) in [6.45, 7) is 4.15. The summed E-state index contributed by atoms with van der Waals surface area (Å²) in [5, 5.41) is 9.58. The normalized spacial score (nSPS) is 25.4. The lowest BCUT2D eigenvalue weighted by molar-refractivity contribution is -0.148. The van der Waals surface area contributed by atoms with Crippen LogP contribution in [0.25, 0.3) is 0 Å². The number of carboxylic acids is 1. The average Bonchev–Trinajstić information content (AvgIpc) is 3.37. The molecule has 3 heterocycles. The third kappa shape index (κ3) is 3.07. The molecule has 4 rings (SSSR count). The number of nitrogens with zero attached hydrogens (tertiary/aromatic N) is 4. The first-order valence-corrected chi connectivity index (χ1v) is 9.05. The molecule has 1 unspecified atom stereocenters. The van der Waals surface area contributed by atoms with Gasteiger partial charge in [-0.15, -0.1) is 0 Å². The number of hydrogen-bond donors (Lipinski definition) is 1. The minimum absolute atomic E-state index is 0.0497. The zero-order chi connectivity index (χ0) is 17.6. The van der Waals surface area contributed by atoms with Crippen LogP contribution < -0.4 is 4.90 Å².